The van der Waals surface area contributed by atoms with Crippen molar-refractivity contribution in [3.05, 3.63) is 64.7 Å². The van der Waals surface area contributed by atoms with Gasteiger partial charge in [0.2, 0.25) is 17.6 Å². The molecule has 0 saturated heterocycles. The van der Waals surface area contributed by atoms with Crippen molar-refractivity contribution in [1.82, 2.24) is 20.4 Å². The number of hydrogen-bond donors (Lipinski definition) is 1. The van der Waals surface area contributed by atoms with Gasteiger partial charge in [-0.05, 0) is 29.8 Å². The Morgan fingerprint density at radius 3 is 2.79 bits per heavy atom. The lowest BCUT2D eigenvalue weighted by atomic mass is 10.2. The number of benzene rings is 1. The average Bonchev–Trinajstić information content (AvgIpc) is 3.09. The minimum Gasteiger partial charge on any atom is -0.352 e. The van der Waals surface area contributed by atoms with Crippen LogP contribution in [0.4, 0.5) is 0 Å². The van der Waals surface area contributed by atoms with Gasteiger partial charge in [-0.1, -0.05) is 33.2 Å². The summed E-state index contributed by atoms with van der Waals surface area (Å²) in [5.41, 5.74) is 1.83. The van der Waals surface area contributed by atoms with Gasteiger partial charge in [0.25, 0.3) is 0 Å². The molecule has 0 aliphatic heterocycles. The maximum atomic E-state index is 11.9. The first-order valence-electron chi connectivity index (χ1n) is 7.45. The van der Waals surface area contributed by atoms with E-state index in [1.54, 1.807) is 18.5 Å². The van der Waals surface area contributed by atoms with Crippen LogP contribution in [-0.2, 0) is 17.8 Å². The van der Waals surface area contributed by atoms with Gasteiger partial charge in [-0.15, -0.1) is 0 Å². The van der Waals surface area contributed by atoms with Crippen molar-refractivity contribution in [3.8, 4) is 11.4 Å². The summed E-state index contributed by atoms with van der Waals surface area (Å²) in [5.74, 6) is 0.861. The monoisotopic (exact) mass is 386 g/mol. The van der Waals surface area contributed by atoms with E-state index in [4.69, 9.17) is 4.52 Å². The fourth-order valence-electron chi connectivity index (χ4n) is 2.08. The number of halogens is 1. The summed E-state index contributed by atoms with van der Waals surface area (Å²) in [7, 11) is 0. The van der Waals surface area contributed by atoms with E-state index >= 15 is 0 Å². The number of hydrogen-bond acceptors (Lipinski definition) is 5. The van der Waals surface area contributed by atoms with Crippen molar-refractivity contribution in [1.29, 1.82) is 0 Å². The van der Waals surface area contributed by atoms with E-state index in [9.17, 15) is 4.79 Å². The summed E-state index contributed by atoms with van der Waals surface area (Å²) in [6.45, 7) is 0.497. The van der Waals surface area contributed by atoms with Crippen LogP contribution < -0.4 is 5.32 Å². The number of carbonyl (C=O) groups is 1. The molecule has 2 heterocycles. The largest absolute Gasteiger partial charge is 0.352 e. The minimum atomic E-state index is -0.0564. The predicted octanol–water partition coefficient (Wildman–Crippen LogP) is 3.14. The maximum absolute atomic E-state index is 11.9. The highest BCUT2D eigenvalue weighted by Crippen LogP contribution is 2.14. The van der Waals surface area contributed by atoms with E-state index in [1.807, 2.05) is 30.3 Å². The summed E-state index contributed by atoms with van der Waals surface area (Å²) >= 11 is 3.38. The molecule has 0 aliphatic rings. The number of nitrogens with one attached hydrogen (secondary N) is 1. The van der Waals surface area contributed by atoms with Crippen molar-refractivity contribution >= 4 is 21.8 Å². The highest BCUT2D eigenvalue weighted by atomic mass is 79.9. The molecule has 2 aromatic heterocycles. The topological polar surface area (TPSA) is 80.9 Å². The van der Waals surface area contributed by atoms with E-state index < -0.39 is 0 Å². The van der Waals surface area contributed by atoms with Gasteiger partial charge in [0.1, 0.15) is 0 Å². The first-order chi connectivity index (χ1) is 11.7. The summed E-state index contributed by atoms with van der Waals surface area (Å²) in [4.78, 5) is 20.2. The third kappa shape index (κ3) is 4.48. The van der Waals surface area contributed by atoms with Crippen LogP contribution in [0.1, 0.15) is 17.9 Å². The molecule has 1 aromatic carbocycles. The molecular formula is C17H15BrN4O2. The number of aryl methyl sites for hydroxylation is 1. The highest BCUT2D eigenvalue weighted by Gasteiger charge is 2.10. The van der Waals surface area contributed by atoms with Crippen LogP contribution in [-0.4, -0.2) is 21.0 Å². The Balaban J connectivity index is 1.48. The van der Waals surface area contributed by atoms with Gasteiger partial charge < -0.3 is 9.84 Å². The molecule has 3 rings (SSSR count). The summed E-state index contributed by atoms with van der Waals surface area (Å²) in [6.07, 6.45) is 4.05. The second-order valence-electron chi connectivity index (χ2n) is 5.16. The van der Waals surface area contributed by atoms with Crippen LogP contribution in [0, 0.1) is 0 Å². The SMILES string of the molecule is O=C(CCc1nc(-c2cccnc2)no1)NCc1ccc(Br)cc1. The van der Waals surface area contributed by atoms with Crippen molar-refractivity contribution in [2.45, 2.75) is 19.4 Å². The van der Waals surface area contributed by atoms with E-state index in [0.717, 1.165) is 15.6 Å². The lowest BCUT2D eigenvalue weighted by Crippen LogP contribution is -2.23. The Hall–Kier alpha value is -2.54. The van der Waals surface area contributed by atoms with Gasteiger partial charge in [0, 0.05) is 41.8 Å². The van der Waals surface area contributed by atoms with Crippen LogP contribution in [0.3, 0.4) is 0 Å². The maximum Gasteiger partial charge on any atom is 0.227 e. The fourth-order valence-corrected chi connectivity index (χ4v) is 2.34. The highest BCUT2D eigenvalue weighted by molar-refractivity contribution is 9.10. The second-order valence-corrected chi connectivity index (χ2v) is 6.07. The summed E-state index contributed by atoms with van der Waals surface area (Å²) < 4.78 is 6.18. The first-order valence-corrected chi connectivity index (χ1v) is 8.24. The summed E-state index contributed by atoms with van der Waals surface area (Å²) in [5, 5.41) is 6.78. The zero-order valence-electron chi connectivity index (χ0n) is 12.8. The molecule has 0 atom stereocenters. The molecule has 0 unspecified atom stereocenters. The zero-order chi connectivity index (χ0) is 16.8. The van der Waals surface area contributed by atoms with Gasteiger partial charge in [0.15, 0.2) is 0 Å². The number of amides is 1. The van der Waals surface area contributed by atoms with Crippen LogP contribution in [0.5, 0.6) is 0 Å². The zero-order valence-corrected chi connectivity index (χ0v) is 14.4. The molecule has 0 fully saturated rings. The third-order valence-corrected chi connectivity index (χ3v) is 3.89. The molecule has 7 heteroatoms. The van der Waals surface area contributed by atoms with E-state index in [1.165, 1.54) is 0 Å². The minimum absolute atomic E-state index is 0.0564. The smallest absolute Gasteiger partial charge is 0.227 e. The first kappa shape index (κ1) is 16.3. The van der Waals surface area contributed by atoms with Gasteiger partial charge in [-0.2, -0.15) is 4.98 Å². The van der Waals surface area contributed by atoms with Crippen LogP contribution >= 0.6 is 15.9 Å². The summed E-state index contributed by atoms with van der Waals surface area (Å²) in [6, 6.07) is 11.5. The van der Waals surface area contributed by atoms with Gasteiger partial charge in [-0.25, -0.2) is 0 Å². The van der Waals surface area contributed by atoms with Gasteiger partial charge in [-0.3, -0.25) is 9.78 Å². The van der Waals surface area contributed by atoms with Crippen molar-refractivity contribution in [2.75, 3.05) is 0 Å². The van der Waals surface area contributed by atoms with E-state index in [2.05, 4.69) is 36.4 Å². The third-order valence-electron chi connectivity index (χ3n) is 3.36. The quantitative estimate of drug-likeness (QED) is 0.703. The molecule has 0 aliphatic carbocycles. The molecule has 1 N–H and O–H groups in total. The van der Waals surface area contributed by atoms with E-state index in [-0.39, 0.29) is 5.91 Å². The Morgan fingerprint density at radius 1 is 1.21 bits per heavy atom. The molecule has 0 radical (unpaired) electrons. The molecule has 3 aromatic rings. The molecular weight excluding hydrogens is 372 g/mol. The number of carbonyl (C=O) groups excluding carboxylic acids is 1. The van der Waals surface area contributed by atoms with Gasteiger partial charge >= 0.3 is 0 Å². The average molecular weight is 387 g/mol. The second kappa shape index (κ2) is 7.83. The van der Waals surface area contributed by atoms with Crippen molar-refractivity contribution < 1.29 is 9.32 Å². The van der Waals surface area contributed by atoms with Crippen LogP contribution in [0.15, 0.2) is 57.8 Å². The number of nitrogens with zero attached hydrogens (tertiary/aromatic N) is 3. The van der Waals surface area contributed by atoms with Crippen molar-refractivity contribution in [3.63, 3.8) is 0 Å². The Bertz CT molecular complexity index is 803. The molecule has 1 amide bonds. The standard InChI is InChI=1S/C17H15BrN4O2/c18-14-5-3-12(4-6-14)10-20-15(23)7-8-16-21-17(22-24-16)13-2-1-9-19-11-13/h1-6,9,11H,7-8,10H2,(H,20,23). The fraction of sp³-hybridized carbons (Fsp3) is 0.176. The Labute approximate surface area is 147 Å². The number of rotatable bonds is 6. The molecule has 122 valence electrons. The van der Waals surface area contributed by atoms with E-state index in [0.29, 0.717) is 31.1 Å². The molecule has 0 spiro atoms. The molecule has 0 saturated carbocycles. The van der Waals surface area contributed by atoms with Crippen LogP contribution in [0.2, 0.25) is 0 Å². The lowest BCUT2D eigenvalue weighted by Gasteiger charge is -2.04. The molecule has 6 nitrogen and oxygen atoms in total. The van der Waals surface area contributed by atoms with Gasteiger partial charge in [0.05, 0.1) is 0 Å². The molecule has 24 heavy (non-hydrogen) atoms. The Kier molecular flexibility index (Phi) is 5.32. The number of pyridine rings is 1. The lowest BCUT2D eigenvalue weighted by molar-refractivity contribution is -0.121. The van der Waals surface area contributed by atoms with Crippen LogP contribution in [0.25, 0.3) is 11.4 Å². The molecule has 0 bridgehead atoms. The van der Waals surface area contributed by atoms with Crippen molar-refractivity contribution in [2.24, 2.45) is 0 Å². The number of aromatic nitrogens is 3. The Morgan fingerprint density at radius 2 is 2.04 bits per heavy atom. The normalized spacial score (nSPS) is 10.5. The predicted molar refractivity (Wildman–Crippen MR) is 91.8 cm³/mol.